The molecule has 138 valence electrons. The fraction of sp³-hybridized carbons (Fsp3) is 0.381. The number of nitrogens with zero attached hydrogens (tertiary/aromatic N) is 1. The van der Waals surface area contributed by atoms with Crippen LogP contribution in [-0.4, -0.2) is 31.1 Å². The van der Waals surface area contributed by atoms with Crippen molar-refractivity contribution >= 4 is 17.5 Å². The van der Waals surface area contributed by atoms with Gasteiger partial charge in [0.2, 0.25) is 0 Å². The van der Waals surface area contributed by atoms with E-state index in [0.717, 1.165) is 12.8 Å². The highest BCUT2D eigenvalue weighted by molar-refractivity contribution is 6.32. The van der Waals surface area contributed by atoms with E-state index in [0.29, 0.717) is 22.1 Å². The third-order valence-electron chi connectivity index (χ3n) is 4.72. The van der Waals surface area contributed by atoms with Gasteiger partial charge in [0.15, 0.2) is 11.5 Å². The van der Waals surface area contributed by atoms with Crippen LogP contribution in [-0.2, 0) is 6.42 Å². The van der Waals surface area contributed by atoms with Crippen LogP contribution >= 0.6 is 11.6 Å². The molecular weight excluding hydrogens is 350 g/mol. The van der Waals surface area contributed by atoms with Gasteiger partial charge in [0.1, 0.15) is 0 Å². The lowest BCUT2D eigenvalue weighted by Gasteiger charge is -2.26. The van der Waals surface area contributed by atoms with Gasteiger partial charge < -0.3 is 14.4 Å². The van der Waals surface area contributed by atoms with E-state index in [-0.39, 0.29) is 18.1 Å². The lowest BCUT2D eigenvalue weighted by Crippen LogP contribution is -2.30. The van der Waals surface area contributed by atoms with E-state index in [2.05, 4.69) is 12.1 Å². The number of fused-ring (bicyclic) bond motifs is 1. The number of hydrogen-bond donors (Lipinski definition) is 0. The second-order valence-electron chi connectivity index (χ2n) is 6.83. The fourth-order valence-corrected chi connectivity index (χ4v) is 3.73. The summed E-state index contributed by atoms with van der Waals surface area (Å²) in [5.74, 6) is 0.854. The van der Waals surface area contributed by atoms with Gasteiger partial charge in [-0.25, -0.2) is 0 Å². The molecule has 0 unspecified atom stereocenters. The van der Waals surface area contributed by atoms with Gasteiger partial charge in [-0.3, -0.25) is 4.79 Å². The van der Waals surface area contributed by atoms with Crippen LogP contribution in [0.5, 0.6) is 11.5 Å². The lowest BCUT2D eigenvalue weighted by atomic mass is 10.1. The van der Waals surface area contributed by atoms with Crippen molar-refractivity contribution in [3.63, 3.8) is 0 Å². The minimum Gasteiger partial charge on any atom is -0.493 e. The maximum absolute atomic E-state index is 13.1. The van der Waals surface area contributed by atoms with Crippen molar-refractivity contribution < 1.29 is 14.3 Å². The molecule has 0 fully saturated rings. The molecule has 0 N–H and O–H groups in total. The van der Waals surface area contributed by atoms with Gasteiger partial charge in [0.05, 0.1) is 24.3 Å². The highest BCUT2D eigenvalue weighted by atomic mass is 35.5. The summed E-state index contributed by atoms with van der Waals surface area (Å²) in [6, 6.07) is 11.7. The molecule has 1 atom stereocenters. The van der Waals surface area contributed by atoms with E-state index in [1.807, 2.05) is 33.0 Å². The van der Waals surface area contributed by atoms with Crippen LogP contribution in [0.3, 0.4) is 0 Å². The topological polar surface area (TPSA) is 38.8 Å². The molecule has 3 rings (SSSR count). The van der Waals surface area contributed by atoms with Crippen molar-refractivity contribution in [2.45, 2.75) is 38.8 Å². The van der Waals surface area contributed by atoms with E-state index in [9.17, 15) is 4.79 Å². The maximum Gasteiger partial charge on any atom is 0.254 e. The number of benzene rings is 2. The van der Waals surface area contributed by atoms with Crippen LogP contribution in [0.15, 0.2) is 36.4 Å². The van der Waals surface area contributed by atoms with Gasteiger partial charge >= 0.3 is 0 Å². The minimum absolute atomic E-state index is 0.0411. The number of amides is 1. The summed E-state index contributed by atoms with van der Waals surface area (Å²) in [7, 11) is 3.39. The van der Waals surface area contributed by atoms with Gasteiger partial charge in [0, 0.05) is 12.6 Å². The SMILES string of the molecule is COc1cc(C(=O)N(C)[C@H]2CCc3ccccc32)cc(Cl)c1OC(C)C. The van der Waals surface area contributed by atoms with Crippen LogP contribution in [0, 0.1) is 0 Å². The summed E-state index contributed by atoms with van der Waals surface area (Å²) in [6.45, 7) is 3.83. The zero-order valence-electron chi connectivity index (χ0n) is 15.6. The highest BCUT2D eigenvalue weighted by Crippen LogP contribution is 2.39. The third kappa shape index (κ3) is 3.51. The highest BCUT2D eigenvalue weighted by Gasteiger charge is 2.29. The molecule has 4 nitrogen and oxygen atoms in total. The first kappa shape index (κ1) is 18.6. The molecule has 26 heavy (non-hydrogen) atoms. The molecule has 0 bridgehead atoms. The number of carbonyl (C=O) groups is 1. The molecule has 0 aliphatic heterocycles. The van der Waals surface area contributed by atoms with Crippen molar-refractivity contribution in [3.8, 4) is 11.5 Å². The summed E-state index contributed by atoms with van der Waals surface area (Å²) in [4.78, 5) is 14.9. The normalized spacial score (nSPS) is 15.7. The Morgan fingerprint density at radius 3 is 2.69 bits per heavy atom. The van der Waals surface area contributed by atoms with Crippen molar-refractivity contribution in [2.24, 2.45) is 0 Å². The smallest absolute Gasteiger partial charge is 0.254 e. The number of aryl methyl sites for hydroxylation is 1. The average Bonchev–Trinajstić information content (AvgIpc) is 3.05. The van der Waals surface area contributed by atoms with Crippen LogP contribution in [0.2, 0.25) is 5.02 Å². The quantitative estimate of drug-likeness (QED) is 0.748. The molecule has 1 amide bonds. The number of halogens is 1. The van der Waals surface area contributed by atoms with E-state index < -0.39 is 0 Å². The van der Waals surface area contributed by atoms with Gasteiger partial charge in [0.25, 0.3) is 5.91 Å². The molecule has 0 spiro atoms. The predicted octanol–water partition coefficient (Wildman–Crippen LogP) is 4.90. The van der Waals surface area contributed by atoms with E-state index in [1.165, 1.54) is 11.1 Å². The van der Waals surface area contributed by atoms with Crippen LogP contribution in [0.25, 0.3) is 0 Å². The van der Waals surface area contributed by atoms with Crippen LogP contribution < -0.4 is 9.47 Å². The Morgan fingerprint density at radius 1 is 1.27 bits per heavy atom. The Hall–Kier alpha value is -2.20. The molecule has 1 aliphatic rings. The van der Waals surface area contributed by atoms with Gasteiger partial charge in [-0.1, -0.05) is 35.9 Å². The largest absolute Gasteiger partial charge is 0.493 e. The number of hydrogen-bond acceptors (Lipinski definition) is 3. The first-order valence-electron chi connectivity index (χ1n) is 8.81. The Kier molecular flexibility index (Phi) is 5.42. The molecule has 5 heteroatoms. The first-order valence-corrected chi connectivity index (χ1v) is 9.19. The summed E-state index contributed by atoms with van der Waals surface area (Å²) in [5, 5.41) is 0.377. The first-order chi connectivity index (χ1) is 12.4. The Balaban J connectivity index is 1.89. The molecule has 0 radical (unpaired) electrons. The zero-order chi connectivity index (χ0) is 18.8. The maximum atomic E-state index is 13.1. The van der Waals surface area contributed by atoms with Crippen molar-refractivity contribution in [2.75, 3.05) is 14.2 Å². The van der Waals surface area contributed by atoms with Crippen LogP contribution in [0.4, 0.5) is 0 Å². The van der Waals surface area contributed by atoms with Gasteiger partial charge in [-0.2, -0.15) is 0 Å². The number of rotatable bonds is 5. The second kappa shape index (κ2) is 7.58. The molecule has 0 saturated carbocycles. The summed E-state index contributed by atoms with van der Waals surface area (Å²) < 4.78 is 11.1. The van der Waals surface area contributed by atoms with E-state index in [4.69, 9.17) is 21.1 Å². The molecule has 1 aliphatic carbocycles. The lowest BCUT2D eigenvalue weighted by molar-refractivity contribution is 0.0730. The molecule has 0 aromatic heterocycles. The molecule has 2 aromatic rings. The fourth-order valence-electron chi connectivity index (χ4n) is 3.48. The number of ether oxygens (including phenoxy) is 2. The van der Waals surface area contributed by atoms with Crippen molar-refractivity contribution in [3.05, 3.63) is 58.1 Å². The van der Waals surface area contributed by atoms with Gasteiger partial charge in [-0.15, -0.1) is 0 Å². The molecule has 0 saturated heterocycles. The number of methoxy groups -OCH3 is 1. The Morgan fingerprint density at radius 2 is 2.00 bits per heavy atom. The zero-order valence-corrected chi connectivity index (χ0v) is 16.3. The Bertz CT molecular complexity index is 819. The average molecular weight is 374 g/mol. The van der Waals surface area contributed by atoms with Crippen molar-refractivity contribution in [1.29, 1.82) is 0 Å². The van der Waals surface area contributed by atoms with Crippen molar-refractivity contribution in [1.82, 2.24) is 4.90 Å². The molecular formula is C21H24ClNO3. The summed E-state index contributed by atoms with van der Waals surface area (Å²) in [6.07, 6.45) is 1.88. The number of carbonyl (C=O) groups excluding carboxylic acids is 1. The Labute approximate surface area is 159 Å². The van der Waals surface area contributed by atoms with E-state index >= 15 is 0 Å². The molecule has 2 aromatic carbocycles. The predicted molar refractivity (Wildman–Crippen MR) is 103 cm³/mol. The van der Waals surface area contributed by atoms with Crippen LogP contribution in [0.1, 0.15) is 47.8 Å². The molecule has 0 heterocycles. The minimum atomic E-state index is -0.0806. The third-order valence-corrected chi connectivity index (χ3v) is 5.00. The van der Waals surface area contributed by atoms with Gasteiger partial charge in [-0.05, 0) is 49.9 Å². The van der Waals surface area contributed by atoms with E-state index in [1.54, 1.807) is 24.1 Å². The second-order valence-corrected chi connectivity index (χ2v) is 7.23. The monoisotopic (exact) mass is 373 g/mol. The summed E-state index contributed by atoms with van der Waals surface area (Å²) in [5.41, 5.74) is 3.03. The standard InChI is InChI=1S/C21H24ClNO3/c1-13(2)26-20-17(22)11-15(12-19(20)25-4)21(24)23(3)18-10-9-14-7-5-6-8-16(14)18/h5-8,11-13,18H,9-10H2,1-4H3/t18-/m0/s1. The summed E-state index contributed by atoms with van der Waals surface area (Å²) >= 11 is 6.37.